The molecule has 0 bridgehead atoms. The molecule has 1 saturated heterocycles. The number of amides is 1. The average molecular weight is 513 g/mol. The topological polar surface area (TPSA) is 133 Å². The Morgan fingerprint density at radius 1 is 1.16 bits per heavy atom. The molecule has 0 spiro atoms. The quantitative estimate of drug-likeness (QED) is 0.512. The van der Waals surface area contributed by atoms with Gasteiger partial charge in [-0.15, -0.1) is 0 Å². The Morgan fingerprint density at radius 3 is 2.62 bits per heavy atom. The molecule has 4 unspecified atom stereocenters. The normalized spacial score (nSPS) is 24.1. The number of cyclic esters (lactones) is 1. The lowest BCUT2D eigenvalue weighted by molar-refractivity contribution is -0.172. The minimum absolute atomic E-state index is 0.0728. The zero-order chi connectivity index (χ0) is 26.4. The van der Waals surface area contributed by atoms with E-state index in [0.29, 0.717) is 6.42 Å². The molecule has 2 aliphatic rings. The second-order valence-corrected chi connectivity index (χ2v) is 9.38. The first-order chi connectivity index (χ1) is 17.9. The summed E-state index contributed by atoms with van der Waals surface area (Å²) in [4.78, 5) is 42.3. The Labute approximate surface area is 215 Å². The minimum Gasteiger partial charge on any atom is -0.503 e. The number of hydrogen-bond acceptors (Lipinski definition) is 9. The number of pyridine rings is 1. The van der Waals surface area contributed by atoms with Crippen LogP contribution in [0.1, 0.15) is 42.2 Å². The maximum atomic E-state index is 13.0. The molecule has 37 heavy (non-hydrogen) atoms. The molecule has 2 heterocycles. The van der Waals surface area contributed by atoms with Crippen LogP contribution in [0.3, 0.4) is 0 Å². The number of carbonyl (C=O) groups is 3. The summed E-state index contributed by atoms with van der Waals surface area (Å²) in [6.07, 6.45) is 2.82. The van der Waals surface area contributed by atoms with E-state index < -0.39 is 35.9 Å². The SMILES string of the molecule is COc1ccnc(C(=O)NC2COCC(CCc3ccccc3)C(OC(=O)C3CC3)C(C)OC2=O)c1O. The molecule has 1 saturated carbocycles. The molecule has 10 heteroatoms. The fourth-order valence-corrected chi connectivity index (χ4v) is 4.30. The van der Waals surface area contributed by atoms with E-state index in [1.807, 2.05) is 30.3 Å². The van der Waals surface area contributed by atoms with Crippen molar-refractivity contribution in [2.45, 2.75) is 50.9 Å². The van der Waals surface area contributed by atoms with E-state index in [-0.39, 0.29) is 42.5 Å². The molecule has 2 aromatic rings. The van der Waals surface area contributed by atoms with Gasteiger partial charge < -0.3 is 29.4 Å². The lowest BCUT2D eigenvalue weighted by atomic mass is 9.92. The molecule has 2 fully saturated rings. The summed E-state index contributed by atoms with van der Waals surface area (Å²) in [7, 11) is 1.35. The minimum atomic E-state index is -1.16. The van der Waals surface area contributed by atoms with Gasteiger partial charge in [0, 0.05) is 18.2 Å². The highest BCUT2D eigenvalue weighted by molar-refractivity contribution is 5.98. The summed E-state index contributed by atoms with van der Waals surface area (Å²) in [6, 6.07) is 10.2. The third kappa shape index (κ3) is 6.76. The first-order valence-electron chi connectivity index (χ1n) is 12.4. The number of nitrogens with zero attached hydrogens (tertiary/aromatic N) is 1. The Morgan fingerprint density at radius 2 is 1.92 bits per heavy atom. The van der Waals surface area contributed by atoms with Gasteiger partial charge >= 0.3 is 11.9 Å². The van der Waals surface area contributed by atoms with Gasteiger partial charge in [0.25, 0.3) is 5.91 Å². The van der Waals surface area contributed by atoms with Crippen molar-refractivity contribution in [3.63, 3.8) is 0 Å². The first-order valence-corrected chi connectivity index (χ1v) is 12.4. The Kier molecular flexibility index (Phi) is 8.60. The zero-order valence-corrected chi connectivity index (χ0v) is 20.9. The molecule has 10 nitrogen and oxygen atoms in total. The predicted octanol–water partition coefficient (Wildman–Crippen LogP) is 2.43. The highest BCUT2D eigenvalue weighted by Gasteiger charge is 2.40. The molecule has 1 amide bonds. The standard InChI is InChI=1S/C27H32N2O8/c1-16-24(37-26(32)18-10-11-18)19(9-8-17-6-4-3-5-7-17)14-35-15-20(27(33)36-16)29-25(31)22-23(30)21(34-2)12-13-28-22/h3-7,12-13,16,18-20,24,30H,8-11,14-15H2,1-2H3,(H,29,31). The molecule has 1 aliphatic heterocycles. The van der Waals surface area contributed by atoms with E-state index in [0.717, 1.165) is 24.8 Å². The molecule has 1 aromatic carbocycles. The van der Waals surface area contributed by atoms with Crippen LogP contribution in [0.4, 0.5) is 0 Å². The second kappa shape index (κ2) is 12.1. The third-order valence-corrected chi connectivity index (χ3v) is 6.57. The van der Waals surface area contributed by atoms with Crippen molar-refractivity contribution < 1.29 is 38.4 Å². The number of aromatic nitrogens is 1. The van der Waals surface area contributed by atoms with Gasteiger partial charge in [-0.3, -0.25) is 9.59 Å². The van der Waals surface area contributed by atoms with Gasteiger partial charge in [0.15, 0.2) is 23.2 Å². The van der Waals surface area contributed by atoms with Crippen molar-refractivity contribution in [3.8, 4) is 11.5 Å². The second-order valence-electron chi connectivity index (χ2n) is 9.38. The van der Waals surface area contributed by atoms with Crippen LogP contribution in [-0.2, 0) is 30.2 Å². The molecular formula is C27H32N2O8. The van der Waals surface area contributed by atoms with Crippen molar-refractivity contribution >= 4 is 17.8 Å². The number of nitrogens with one attached hydrogen (secondary N) is 1. The predicted molar refractivity (Wildman–Crippen MR) is 131 cm³/mol. The Balaban J connectivity index is 1.48. The first kappa shape index (κ1) is 26.4. The van der Waals surface area contributed by atoms with E-state index in [1.54, 1.807) is 6.92 Å². The van der Waals surface area contributed by atoms with Gasteiger partial charge in [0.1, 0.15) is 12.2 Å². The third-order valence-electron chi connectivity index (χ3n) is 6.57. The molecule has 4 rings (SSSR count). The molecular weight excluding hydrogens is 480 g/mol. The average Bonchev–Trinajstić information content (AvgIpc) is 3.74. The Hall–Kier alpha value is -3.66. The highest BCUT2D eigenvalue weighted by Crippen LogP contribution is 2.33. The van der Waals surface area contributed by atoms with Crippen LogP contribution in [0.25, 0.3) is 0 Å². The smallest absolute Gasteiger partial charge is 0.331 e. The Bertz CT molecular complexity index is 1100. The largest absolute Gasteiger partial charge is 0.503 e. The van der Waals surface area contributed by atoms with Gasteiger partial charge in [0.2, 0.25) is 0 Å². The monoisotopic (exact) mass is 512 g/mol. The van der Waals surface area contributed by atoms with Crippen molar-refractivity contribution in [1.82, 2.24) is 10.3 Å². The van der Waals surface area contributed by atoms with Gasteiger partial charge in [-0.25, -0.2) is 9.78 Å². The summed E-state index contributed by atoms with van der Waals surface area (Å²) in [5.74, 6) is -2.53. The van der Waals surface area contributed by atoms with Crippen molar-refractivity contribution in [2.24, 2.45) is 11.8 Å². The number of carbonyl (C=O) groups excluding carboxylic acids is 3. The molecule has 0 radical (unpaired) electrons. The lowest BCUT2D eigenvalue weighted by Crippen LogP contribution is -2.46. The van der Waals surface area contributed by atoms with Crippen molar-refractivity contribution in [2.75, 3.05) is 20.3 Å². The lowest BCUT2D eigenvalue weighted by Gasteiger charge is -2.30. The van der Waals surface area contributed by atoms with E-state index in [1.165, 1.54) is 19.4 Å². The maximum absolute atomic E-state index is 13.0. The maximum Gasteiger partial charge on any atom is 0.331 e. The zero-order valence-electron chi connectivity index (χ0n) is 20.9. The van der Waals surface area contributed by atoms with Crippen LogP contribution in [-0.4, -0.2) is 66.5 Å². The molecule has 2 N–H and O–H groups in total. The van der Waals surface area contributed by atoms with Crippen molar-refractivity contribution in [1.29, 1.82) is 0 Å². The summed E-state index contributed by atoms with van der Waals surface area (Å²) in [5.41, 5.74) is 0.840. The van der Waals surface area contributed by atoms with E-state index in [4.69, 9.17) is 18.9 Å². The molecule has 1 aliphatic carbocycles. The van der Waals surface area contributed by atoms with Crippen LogP contribution in [0.15, 0.2) is 42.6 Å². The number of esters is 2. The molecule has 198 valence electrons. The van der Waals surface area contributed by atoms with Crippen LogP contribution >= 0.6 is 0 Å². The summed E-state index contributed by atoms with van der Waals surface area (Å²) in [5, 5.41) is 12.8. The van der Waals surface area contributed by atoms with Crippen LogP contribution < -0.4 is 10.1 Å². The van der Waals surface area contributed by atoms with Gasteiger partial charge in [-0.05, 0) is 38.2 Å². The van der Waals surface area contributed by atoms with Crippen LogP contribution in [0.2, 0.25) is 0 Å². The summed E-state index contributed by atoms with van der Waals surface area (Å²) in [6.45, 7) is 1.72. The van der Waals surface area contributed by atoms with Gasteiger partial charge in [-0.2, -0.15) is 0 Å². The van der Waals surface area contributed by atoms with Gasteiger partial charge in [-0.1, -0.05) is 30.3 Å². The number of ether oxygens (including phenoxy) is 4. The highest BCUT2D eigenvalue weighted by atomic mass is 16.6. The number of rotatable bonds is 8. The van der Waals surface area contributed by atoms with Crippen LogP contribution in [0.5, 0.6) is 11.5 Å². The van der Waals surface area contributed by atoms with Gasteiger partial charge in [0.05, 0.1) is 26.2 Å². The molecule has 1 aromatic heterocycles. The number of hydrogen-bond donors (Lipinski definition) is 2. The fourth-order valence-electron chi connectivity index (χ4n) is 4.30. The number of methoxy groups -OCH3 is 1. The summed E-state index contributed by atoms with van der Waals surface area (Å²) >= 11 is 0. The number of benzene rings is 1. The molecule has 4 atom stereocenters. The van der Waals surface area contributed by atoms with E-state index in [2.05, 4.69) is 10.3 Å². The van der Waals surface area contributed by atoms with E-state index >= 15 is 0 Å². The fraction of sp³-hybridized carbons (Fsp3) is 0.481. The summed E-state index contributed by atoms with van der Waals surface area (Å²) < 4.78 is 22.4. The van der Waals surface area contributed by atoms with Crippen molar-refractivity contribution in [3.05, 3.63) is 53.9 Å². The van der Waals surface area contributed by atoms with Crippen LogP contribution in [0, 0.1) is 11.8 Å². The number of aryl methyl sites for hydroxylation is 1. The number of aromatic hydroxyl groups is 1. The van der Waals surface area contributed by atoms with E-state index in [9.17, 15) is 19.5 Å².